The molecule has 34 heavy (non-hydrogen) atoms. The molecule has 182 valence electrons. The number of carbonyl (C=O) groups is 2. The standard InChI is InChI=1S/C28H35NO4S/c1-21-13-14-22(20-25(21)30)10-7-5-3-4-6-8-11-23-15-18-27(31)29(23)19-9-12-24-16-17-26(34-24)28(32)33-2/h13-14,16-17,20,23,30H,3-8,10-11,15,18-19H2,1-2H3. The SMILES string of the molecule is COC(=O)c1ccc(C#CCN2C(=O)CCC2CCCCCCCCc2ccc(C)c(O)c2)s1. The number of thiophene rings is 1. The van der Waals surface area contributed by atoms with Crippen molar-refractivity contribution in [2.24, 2.45) is 0 Å². The van der Waals surface area contributed by atoms with Crippen LogP contribution in [-0.2, 0) is 16.0 Å². The monoisotopic (exact) mass is 481 g/mol. The fourth-order valence-corrected chi connectivity index (χ4v) is 5.16. The number of benzene rings is 1. The number of phenols is 1. The number of esters is 1. The third-order valence-electron chi connectivity index (χ3n) is 6.43. The predicted octanol–water partition coefficient (Wildman–Crippen LogP) is 5.86. The van der Waals surface area contributed by atoms with E-state index in [4.69, 9.17) is 4.74 Å². The molecule has 1 N–H and O–H groups in total. The fraction of sp³-hybridized carbons (Fsp3) is 0.500. The van der Waals surface area contributed by atoms with Gasteiger partial charge in [-0.3, -0.25) is 4.79 Å². The summed E-state index contributed by atoms with van der Waals surface area (Å²) in [7, 11) is 1.37. The number of hydrogen-bond acceptors (Lipinski definition) is 5. The second-order valence-corrected chi connectivity index (χ2v) is 10.0. The molecule has 1 aliphatic rings. The average Bonchev–Trinajstić information content (AvgIpc) is 3.44. The second-order valence-electron chi connectivity index (χ2n) is 8.95. The van der Waals surface area contributed by atoms with Crippen molar-refractivity contribution in [1.82, 2.24) is 4.90 Å². The molecule has 6 heteroatoms. The van der Waals surface area contributed by atoms with Gasteiger partial charge >= 0.3 is 5.97 Å². The molecule has 1 fully saturated rings. The van der Waals surface area contributed by atoms with Crippen LogP contribution >= 0.6 is 11.3 Å². The van der Waals surface area contributed by atoms with E-state index in [1.807, 2.05) is 30.0 Å². The Morgan fingerprint density at radius 1 is 1.15 bits per heavy atom. The van der Waals surface area contributed by atoms with Crippen LogP contribution in [0.25, 0.3) is 0 Å². The summed E-state index contributed by atoms with van der Waals surface area (Å²) in [6.45, 7) is 2.37. The van der Waals surface area contributed by atoms with Crippen LogP contribution in [-0.4, -0.2) is 41.6 Å². The maximum atomic E-state index is 12.3. The summed E-state index contributed by atoms with van der Waals surface area (Å²) in [5, 5.41) is 9.81. The van der Waals surface area contributed by atoms with E-state index in [9.17, 15) is 14.7 Å². The van der Waals surface area contributed by atoms with Crippen LogP contribution in [0.1, 0.15) is 83.5 Å². The largest absolute Gasteiger partial charge is 0.508 e. The van der Waals surface area contributed by atoms with Gasteiger partial charge < -0.3 is 14.7 Å². The number of aryl methyl sites for hydroxylation is 2. The Morgan fingerprint density at radius 2 is 1.91 bits per heavy atom. The number of aromatic hydroxyl groups is 1. The Labute approximate surface area is 207 Å². The highest BCUT2D eigenvalue weighted by atomic mass is 32.1. The van der Waals surface area contributed by atoms with Crippen molar-refractivity contribution in [1.29, 1.82) is 0 Å². The summed E-state index contributed by atoms with van der Waals surface area (Å²) in [5.74, 6) is 6.44. The highest BCUT2D eigenvalue weighted by Gasteiger charge is 2.29. The molecule has 3 rings (SSSR count). The van der Waals surface area contributed by atoms with Gasteiger partial charge in [0.15, 0.2) is 0 Å². The van der Waals surface area contributed by atoms with Crippen molar-refractivity contribution in [3.8, 4) is 17.6 Å². The van der Waals surface area contributed by atoms with Gasteiger partial charge in [-0.25, -0.2) is 4.79 Å². The molecule has 1 atom stereocenters. The first-order valence-corrected chi connectivity index (χ1v) is 13.0. The molecule has 0 saturated carbocycles. The molecule has 1 saturated heterocycles. The number of likely N-dealkylation sites (tertiary alicyclic amines) is 1. The van der Waals surface area contributed by atoms with E-state index in [0.29, 0.717) is 29.6 Å². The molecule has 1 aromatic heterocycles. The summed E-state index contributed by atoms with van der Waals surface area (Å²) in [5.41, 5.74) is 2.13. The van der Waals surface area contributed by atoms with Crippen molar-refractivity contribution in [2.45, 2.75) is 77.2 Å². The highest BCUT2D eigenvalue weighted by molar-refractivity contribution is 7.14. The smallest absolute Gasteiger partial charge is 0.348 e. The summed E-state index contributed by atoms with van der Waals surface area (Å²) in [4.78, 5) is 27.1. The van der Waals surface area contributed by atoms with Gasteiger partial charge in [-0.1, -0.05) is 56.1 Å². The number of rotatable bonds is 11. The van der Waals surface area contributed by atoms with E-state index >= 15 is 0 Å². The first-order valence-electron chi connectivity index (χ1n) is 12.2. The molecule has 0 spiro atoms. The van der Waals surface area contributed by atoms with Gasteiger partial charge in [0.25, 0.3) is 0 Å². The maximum absolute atomic E-state index is 12.3. The molecule has 1 amide bonds. The van der Waals surface area contributed by atoms with Crippen LogP contribution in [0.3, 0.4) is 0 Å². The Morgan fingerprint density at radius 3 is 2.68 bits per heavy atom. The van der Waals surface area contributed by atoms with Gasteiger partial charge in [0.05, 0.1) is 18.5 Å². The molecular formula is C28H35NO4S. The Bertz CT molecular complexity index is 1030. The van der Waals surface area contributed by atoms with Crippen LogP contribution in [0, 0.1) is 18.8 Å². The van der Waals surface area contributed by atoms with Crippen molar-refractivity contribution < 1.29 is 19.4 Å². The van der Waals surface area contributed by atoms with Crippen molar-refractivity contribution in [3.63, 3.8) is 0 Å². The van der Waals surface area contributed by atoms with Crippen molar-refractivity contribution in [2.75, 3.05) is 13.7 Å². The van der Waals surface area contributed by atoms with E-state index in [-0.39, 0.29) is 11.9 Å². The Hall–Kier alpha value is -2.78. The Balaban J connectivity index is 1.31. The quantitative estimate of drug-likeness (QED) is 0.248. The van der Waals surface area contributed by atoms with Crippen molar-refractivity contribution >= 4 is 23.2 Å². The number of hydrogen-bond donors (Lipinski definition) is 1. The number of unbranched alkanes of at least 4 members (excludes halogenated alkanes) is 5. The third kappa shape index (κ3) is 7.63. The zero-order valence-corrected chi connectivity index (χ0v) is 21.1. The normalized spacial score (nSPS) is 15.3. The number of methoxy groups -OCH3 is 1. The van der Waals surface area contributed by atoms with Crippen LogP contribution in [0.4, 0.5) is 0 Å². The average molecular weight is 482 g/mol. The molecule has 0 radical (unpaired) electrons. The number of phenolic OH excluding ortho intramolecular Hbond substituents is 1. The summed E-state index contributed by atoms with van der Waals surface area (Å²) in [6, 6.07) is 9.80. The van der Waals surface area contributed by atoms with Gasteiger partial charge in [-0.05, 0) is 61.9 Å². The van der Waals surface area contributed by atoms with Crippen LogP contribution < -0.4 is 0 Å². The molecule has 1 aliphatic heterocycles. The lowest BCUT2D eigenvalue weighted by Gasteiger charge is -2.22. The van der Waals surface area contributed by atoms with E-state index in [2.05, 4.69) is 17.9 Å². The first kappa shape index (κ1) is 25.8. The van der Waals surface area contributed by atoms with E-state index in [1.54, 1.807) is 6.07 Å². The van der Waals surface area contributed by atoms with Gasteiger partial charge in [0.1, 0.15) is 10.6 Å². The minimum absolute atomic E-state index is 0.197. The highest BCUT2D eigenvalue weighted by Crippen LogP contribution is 2.24. The molecule has 1 unspecified atom stereocenters. The summed E-state index contributed by atoms with van der Waals surface area (Å²) >= 11 is 1.31. The predicted molar refractivity (Wildman–Crippen MR) is 136 cm³/mol. The lowest BCUT2D eigenvalue weighted by Crippen LogP contribution is -2.33. The fourth-order valence-electron chi connectivity index (χ4n) is 4.36. The molecule has 5 nitrogen and oxygen atoms in total. The summed E-state index contributed by atoms with van der Waals surface area (Å²) in [6.07, 6.45) is 10.7. The minimum atomic E-state index is -0.348. The molecule has 2 heterocycles. The van der Waals surface area contributed by atoms with E-state index < -0.39 is 0 Å². The molecular weight excluding hydrogens is 446 g/mol. The number of amides is 1. The number of nitrogens with zero attached hydrogens (tertiary/aromatic N) is 1. The van der Waals surface area contributed by atoms with Crippen molar-refractivity contribution in [3.05, 3.63) is 51.2 Å². The van der Waals surface area contributed by atoms with Gasteiger partial charge in [0, 0.05) is 12.5 Å². The molecule has 0 bridgehead atoms. The zero-order valence-electron chi connectivity index (χ0n) is 20.3. The molecule has 1 aromatic carbocycles. The number of carbonyl (C=O) groups excluding carboxylic acids is 2. The van der Waals surface area contributed by atoms with Gasteiger partial charge in [0.2, 0.25) is 5.91 Å². The maximum Gasteiger partial charge on any atom is 0.348 e. The third-order valence-corrected chi connectivity index (χ3v) is 7.41. The van der Waals surface area contributed by atoms with Crippen LogP contribution in [0.15, 0.2) is 30.3 Å². The second kappa shape index (κ2) is 13.2. The Kier molecular flexibility index (Phi) is 10.0. The summed E-state index contributed by atoms with van der Waals surface area (Å²) < 4.78 is 4.73. The van der Waals surface area contributed by atoms with E-state index in [0.717, 1.165) is 42.5 Å². The van der Waals surface area contributed by atoms with Gasteiger partial charge in [-0.2, -0.15) is 0 Å². The number of ether oxygens (including phenoxy) is 1. The zero-order chi connectivity index (χ0) is 24.3. The topological polar surface area (TPSA) is 66.8 Å². The van der Waals surface area contributed by atoms with Crippen LogP contribution in [0.5, 0.6) is 5.75 Å². The molecule has 2 aromatic rings. The van der Waals surface area contributed by atoms with Crippen LogP contribution in [0.2, 0.25) is 0 Å². The van der Waals surface area contributed by atoms with E-state index in [1.165, 1.54) is 49.7 Å². The first-order chi connectivity index (χ1) is 16.5. The minimum Gasteiger partial charge on any atom is -0.508 e. The molecule has 0 aliphatic carbocycles. The lowest BCUT2D eigenvalue weighted by atomic mass is 10.0. The van der Waals surface area contributed by atoms with Gasteiger partial charge in [-0.15, -0.1) is 11.3 Å². The lowest BCUT2D eigenvalue weighted by molar-refractivity contribution is -0.128.